The molecule has 6 nitrogen and oxygen atoms in total. The van der Waals surface area contributed by atoms with E-state index in [0.717, 1.165) is 17.5 Å². The van der Waals surface area contributed by atoms with Crippen molar-refractivity contribution in [2.45, 2.75) is 6.42 Å². The first-order valence-corrected chi connectivity index (χ1v) is 8.88. The van der Waals surface area contributed by atoms with Crippen LogP contribution in [-0.2, 0) is 28.4 Å². The second-order valence-electron chi connectivity index (χ2n) is 4.10. The van der Waals surface area contributed by atoms with Gasteiger partial charge in [0.05, 0.1) is 66.1 Å². The topological polar surface area (TPSA) is 55.4 Å². The average molecular weight is 420 g/mol. The predicted octanol–water partition coefficient (Wildman–Crippen LogP) is 1.54. The number of hydrogen-bond acceptors (Lipinski definition) is 6. The smallest absolute Gasteiger partial charge is 0.0701 e. The molecule has 0 bridgehead atoms. The number of alkyl halides is 1. The van der Waals surface area contributed by atoms with Crippen LogP contribution in [0, 0.1) is 0 Å². The monoisotopic (exact) mass is 420 g/mol. The van der Waals surface area contributed by atoms with E-state index in [2.05, 4.69) is 22.6 Å². The van der Waals surface area contributed by atoms with E-state index in [9.17, 15) is 0 Å². The highest BCUT2D eigenvalue weighted by Crippen LogP contribution is 1.89. The number of hydrogen-bond donors (Lipinski definition) is 0. The zero-order valence-corrected chi connectivity index (χ0v) is 15.2. The fourth-order valence-electron chi connectivity index (χ4n) is 1.28. The van der Waals surface area contributed by atoms with Crippen LogP contribution in [0.25, 0.3) is 0 Å². The molecule has 128 valence electrons. The highest BCUT2D eigenvalue weighted by atomic mass is 127. The van der Waals surface area contributed by atoms with Gasteiger partial charge in [0.1, 0.15) is 0 Å². The molecule has 0 fully saturated rings. The lowest BCUT2D eigenvalue weighted by molar-refractivity contribution is -0.0145. The highest BCUT2D eigenvalue weighted by molar-refractivity contribution is 14.1. The molecule has 0 atom stereocenters. The third kappa shape index (κ3) is 20.5. The molecule has 0 aliphatic rings. The Bertz CT molecular complexity index is 167. The molecular weight excluding hydrogens is 391 g/mol. The van der Waals surface area contributed by atoms with E-state index in [-0.39, 0.29) is 0 Å². The summed E-state index contributed by atoms with van der Waals surface area (Å²) in [6, 6.07) is 0. The molecule has 0 N–H and O–H groups in total. The van der Waals surface area contributed by atoms with Gasteiger partial charge in [0.25, 0.3) is 0 Å². The second kappa shape index (κ2) is 20.5. The standard InChI is InChI=1S/C14H29IO6/c1-16-5-6-18-9-10-20-13-14-21-12-11-19-8-7-17-4-2-3-15/h2-14H2,1H3. The summed E-state index contributed by atoms with van der Waals surface area (Å²) in [5, 5.41) is 0. The molecule has 7 heteroatoms. The molecule has 0 rings (SSSR count). The third-order valence-corrected chi connectivity index (χ3v) is 3.10. The quantitative estimate of drug-likeness (QED) is 0.191. The Morgan fingerprint density at radius 3 is 1.19 bits per heavy atom. The number of methoxy groups -OCH3 is 1. The van der Waals surface area contributed by atoms with Gasteiger partial charge in [-0.15, -0.1) is 0 Å². The van der Waals surface area contributed by atoms with Gasteiger partial charge in [-0.1, -0.05) is 22.6 Å². The van der Waals surface area contributed by atoms with Crippen molar-refractivity contribution in [2.24, 2.45) is 0 Å². The molecule has 0 saturated heterocycles. The third-order valence-electron chi connectivity index (χ3n) is 2.34. The van der Waals surface area contributed by atoms with Crippen molar-refractivity contribution >= 4 is 22.6 Å². The Morgan fingerprint density at radius 2 is 0.857 bits per heavy atom. The summed E-state index contributed by atoms with van der Waals surface area (Å²) in [6.07, 6.45) is 1.10. The summed E-state index contributed by atoms with van der Waals surface area (Å²) in [7, 11) is 1.65. The van der Waals surface area contributed by atoms with Crippen LogP contribution in [0.5, 0.6) is 0 Å². The molecule has 0 radical (unpaired) electrons. The van der Waals surface area contributed by atoms with Crippen LogP contribution in [0.3, 0.4) is 0 Å². The van der Waals surface area contributed by atoms with Crippen molar-refractivity contribution in [3.05, 3.63) is 0 Å². The fraction of sp³-hybridized carbons (Fsp3) is 1.00. The maximum Gasteiger partial charge on any atom is 0.0701 e. The zero-order chi connectivity index (χ0) is 15.4. The van der Waals surface area contributed by atoms with Crippen molar-refractivity contribution in [3.63, 3.8) is 0 Å². The molecule has 0 aromatic heterocycles. The zero-order valence-electron chi connectivity index (χ0n) is 13.0. The minimum absolute atomic E-state index is 0.576. The van der Waals surface area contributed by atoms with Crippen LogP contribution in [0.15, 0.2) is 0 Å². The second-order valence-corrected chi connectivity index (χ2v) is 5.18. The Hall–Kier alpha value is 0.490. The average Bonchev–Trinajstić information content (AvgIpc) is 2.50. The molecule has 21 heavy (non-hydrogen) atoms. The SMILES string of the molecule is COCCOCCOCCOCCOCCOCCCI. The highest BCUT2D eigenvalue weighted by Gasteiger charge is 1.93. The number of ether oxygens (including phenoxy) is 6. The van der Waals surface area contributed by atoms with Crippen molar-refractivity contribution in [1.29, 1.82) is 0 Å². The molecule has 0 aromatic rings. The summed E-state index contributed by atoms with van der Waals surface area (Å²) in [6.45, 7) is 6.82. The lowest BCUT2D eigenvalue weighted by atomic mass is 10.5. The Labute approximate surface area is 141 Å². The van der Waals surface area contributed by atoms with Gasteiger partial charge in [0.15, 0.2) is 0 Å². The van der Waals surface area contributed by atoms with Gasteiger partial charge in [-0.2, -0.15) is 0 Å². The molecule has 0 saturated carbocycles. The maximum absolute atomic E-state index is 5.37. The van der Waals surface area contributed by atoms with Crippen molar-refractivity contribution in [3.8, 4) is 0 Å². The summed E-state index contributed by atoms with van der Waals surface area (Å²) in [5.74, 6) is 0. The van der Waals surface area contributed by atoms with E-state index in [0.29, 0.717) is 66.1 Å². The maximum atomic E-state index is 5.37. The van der Waals surface area contributed by atoms with E-state index in [1.807, 2.05) is 0 Å². The Morgan fingerprint density at radius 1 is 0.524 bits per heavy atom. The van der Waals surface area contributed by atoms with Gasteiger partial charge in [-0.05, 0) is 6.42 Å². The molecule has 0 unspecified atom stereocenters. The van der Waals surface area contributed by atoms with Crippen molar-refractivity contribution < 1.29 is 28.4 Å². The van der Waals surface area contributed by atoms with Gasteiger partial charge < -0.3 is 28.4 Å². The first kappa shape index (κ1) is 21.5. The van der Waals surface area contributed by atoms with Crippen LogP contribution in [0.2, 0.25) is 0 Å². The molecule has 0 amide bonds. The largest absolute Gasteiger partial charge is 0.382 e. The first-order chi connectivity index (χ1) is 10.4. The number of halogens is 1. The minimum atomic E-state index is 0.576. The molecule has 0 aromatic carbocycles. The van der Waals surface area contributed by atoms with Crippen LogP contribution in [0.1, 0.15) is 6.42 Å². The predicted molar refractivity (Wildman–Crippen MR) is 89.5 cm³/mol. The summed E-state index contributed by atoms with van der Waals surface area (Å²) < 4.78 is 32.7. The molecule has 0 aliphatic heterocycles. The Kier molecular flexibility index (Phi) is 21.0. The summed E-state index contributed by atoms with van der Waals surface area (Å²) in [5.41, 5.74) is 0. The fourth-order valence-corrected chi connectivity index (χ4v) is 1.59. The molecule has 0 heterocycles. The normalized spacial score (nSPS) is 11.1. The van der Waals surface area contributed by atoms with Crippen LogP contribution < -0.4 is 0 Å². The number of rotatable bonds is 18. The summed E-state index contributed by atoms with van der Waals surface area (Å²) in [4.78, 5) is 0. The van der Waals surface area contributed by atoms with Gasteiger partial charge in [-0.3, -0.25) is 0 Å². The van der Waals surface area contributed by atoms with E-state index < -0.39 is 0 Å². The molecule has 0 spiro atoms. The van der Waals surface area contributed by atoms with E-state index >= 15 is 0 Å². The molecular formula is C14H29IO6. The van der Waals surface area contributed by atoms with Crippen LogP contribution in [0.4, 0.5) is 0 Å². The van der Waals surface area contributed by atoms with Crippen molar-refractivity contribution in [2.75, 3.05) is 84.2 Å². The minimum Gasteiger partial charge on any atom is -0.382 e. The first-order valence-electron chi connectivity index (χ1n) is 7.35. The van der Waals surface area contributed by atoms with Gasteiger partial charge in [0.2, 0.25) is 0 Å². The van der Waals surface area contributed by atoms with Gasteiger partial charge in [0, 0.05) is 18.1 Å². The summed E-state index contributed by atoms with van der Waals surface area (Å²) >= 11 is 2.34. The van der Waals surface area contributed by atoms with E-state index in [4.69, 9.17) is 28.4 Å². The van der Waals surface area contributed by atoms with Gasteiger partial charge >= 0.3 is 0 Å². The van der Waals surface area contributed by atoms with Crippen LogP contribution in [-0.4, -0.2) is 84.2 Å². The molecule has 0 aliphatic carbocycles. The lowest BCUT2D eigenvalue weighted by Gasteiger charge is -2.07. The van der Waals surface area contributed by atoms with Crippen molar-refractivity contribution in [1.82, 2.24) is 0 Å². The van der Waals surface area contributed by atoms with Gasteiger partial charge in [-0.25, -0.2) is 0 Å². The Balaban J connectivity index is 2.90. The van der Waals surface area contributed by atoms with E-state index in [1.165, 1.54) is 0 Å². The lowest BCUT2D eigenvalue weighted by Crippen LogP contribution is -2.14. The van der Waals surface area contributed by atoms with Crippen LogP contribution >= 0.6 is 22.6 Å². The van der Waals surface area contributed by atoms with E-state index in [1.54, 1.807) is 7.11 Å².